The average Bonchev–Trinajstić information content (AvgIpc) is 2.65. The number of benzene rings is 2. The summed E-state index contributed by atoms with van der Waals surface area (Å²) in [7, 11) is 2.02. The Hall–Kier alpha value is -2.44. The molecular weight excluding hydrogens is 357 g/mol. The lowest BCUT2D eigenvalue weighted by atomic mass is 10.1. The van der Waals surface area contributed by atoms with Gasteiger partial charge in [-0.05, 0) is 43.4 Å². The molecule has 7 heteroatoms. The lowest BCUT2D eigenvalue weighted by molar-refractivity contribution is 0.0664. The standard InChI is InChI=1S/C19H19ClFN3O2/c1-23-7-9-24(10-8-23)19(26)14-4-2-3-13(11-14)18(25)22-15-5-6-17(21)16(20)12-15/h2-6,11-12H,7-10H2,1H3,(H,22,25). The minimum Gasteiger partial charge on any atom is -0.336 e. The summed E-state index contributed by atoms with van der Waals surface area (Å²) >= 11 is 5.73. The van der Waals surface area contributed by atoms with Crippen molar-refractivity contribution < 1.29 is 14.0 Å². The van der Waals surface area contributed by atoms with E-state index in [2.05, 4.69) is 10.2 Å². The first-order valence-corrected chi connectivity index (χ1v) is 8.66. The highest BCUT2D eigenvalue weighted by atomic mass is 35.5. The van der Waals surface area contributed by atoms with Crippen molar-refractivity contribution in [2.24, 2.45) is 0 Å². The van der Waals surface area contributed by atoms with Gasteiger partial charge in [0.15, 0.2) is 0 Å². The van der Waals surface area contributed by atoms with Gasteiger partial charge in [-0.3, -0.25) is 9.59 Å². The van der Waals surface area contributed by atoms with Gasteiger partial charge in [0.2, 0.25) is 0 Å². The van der Waals surface area contributed by atoms with Crippen LogP contribution in [0.5, 0.6) is 0 Å². The molecule has 0 atom stereocenters. The molecule has 1 aliphatic heterocycles. The smallest absolute Gasteiger partial charge is 0.255 e. The highest BCUT2D eigenvalue weighted by Gasteiger charge is 2.21. The fourth-order valence-corrected chi connectivity index (χ4v) is 2.94. The van der Waals surface area contributed by atoms with Crippen molar-refractivity contribution >= 4 is 29.1 Å². The first-order chi connectivity index (χ1) is 12.4. The number of nitrogens with one attached hydrogen (secondary N) is 1. The molecule has 0 bridgehead atoms. The van der Waals surface area contributed by atoms with Gasteiger partial charge >= 0.3 is 0 Å². The molecule has 1 N–H and O–H groups in total. The van der Waals surface area contributed by atoms with Gasteiger partial charge in [-0.1, -0.05) is 17.7 Å². The lowest BCUT2D eigenvalue weighted by Gasteiger charge is -2.32. The van der Waals surface area contributed by atoms with Gasteiger partial charge in [-0.25, -0.2) is 4.39 Å². The largest absolute Gasteiger partial charge is 0.336 e. The third-order valence-electron chi connectivity index (χ3n) is 4.34. The Balaban J connectivity index is 1.72. The van der Waals surface area contributed by atoms with Crippen molar-refractivity contribution in [2.45, 2.75) is 0 Å². The Kier molecular flexibility index (Phi) is 5.54. The second-order valence-corrected chi connectivity index (χ2v) is 6.67. The van der Waals surface area contributed by atoms with E-state index < -0.39 is 5.82 Å². The fraction of sp³-hybridized carbons (Fsp3) is 0.263. The molecule has 2 aromatic rings. The number of piperazine rings is 1. The summed E-state index contributed by atoms with van der Waals surface area (Å²) in [5.74, 6) is -1.03. The normalized spacial score (nSPS) is 15.0. The summed E-state index contributed by atoms with van der Waals surface area (Å²) in [6.07, 6.45) is 0. The van der Waals surface area contributed by atoms with E-state index in [1.807, 2.05) is 7.05 Å². The van der Waals surface area contributed by atoms with E-state index in [9.17, 15) is 14.0 Å². The van der Waals surface area contributed by atoms with E-state index in [1.54, 1.807) is 29.2 Å². The Labute approximate surface area is 156 Å². The summed E-state index contributed by atoms with van der Waals surface area (Å²) in [6, 6.07) is 10.5. The molecular formula is C19H19ClFN3O2. The molecule has 2 aromatic carbocycles. The van der Waals surface area contributed by atoms with Gasteiger partial charge < -0.3 is 15.1 Å². The SMILES string of the molecule is CN1CCN(C(=O)c2cccc(C(=O)Nc3ccc(F)c(Cl)c3)c2)CC1. The second kappa shape index (κ2) is 7.85. The van der Waals surface area contributed by atoms with Gasteiger partial charge in [0.05, 0.1) is 5.02 Å². The van der Waals surface area contributed by atoms with Gasteiger partial charge in [-0.15, -0.1) is 0 Å². The number of carbonyl (C=O) groups excluding carboxylic acids is 2. The first kappa shape index (κ1) is 18.4. The van der Waals surface area contributed by atoms with Crippen LogP contribution in [0.3, 0.4) is 0 Å². The van der Waals surface area contributed by atoms with Crippen molar-refractivity contribution in [1.82, 2.24) is 9.80 Å². The maximum Gasteiger partial charge on any atom is 0.255 e. The Morgan fingerprint density at radius 2 is 1.73 bits per heavy atom. The van der Waals surface area contributed by atoms with E-state index in [4.69, 9.17) is 11.6 Å². The Morgan fingerprint density at radius 3 is 2.42 bits per heavy atom. The average molecular weight is 376 g/mol. The molecule has 0 spiro atoms. The molecule has 0 aromatic heterocycles. The number of anilines is 1. The van der Waals surface area contributed by atoms with Crippen molar-refractivity contribution in [3.8, 4) is 0 Å². The van der Waals surface area contributed by atoms with Gasteiger partial charge in [0.1, 0.15) is 5.82 Å². The second-order valence-electron chi connectivity index (χ2n) is 6.26. The summed E-state index contributed by atoms with van der Waals surface area (Å²) in [6.45, 7) is 2.99. The molecule has 1 aliphatic rings. The third-order valence-corrected chi connectivity index (χ3v) is 4.63. The minimum absolute atomic E-state index is 0.0678. The summed E-state index contributed by atoms with van der Waals surface area (Å²) < 4.78 is 13.2. The van der Waals surface area contributed by atoms with Crippen molar-refractivity contribution in [1.29, 1.82) is 0 Å². The van der Waals surface area contributed by atoms with Gasteiger partial charge in [0, 0.05) is 43.0 Å². The zero-order valence-electron chi connectivity index (χ0n) is 14.3. The van der Waals surface area contributed by atoms with Crippen LogP contribution in [-0.2, 0) is 0 Å². The number of hydrogen-bond donors (Lipinski definition) is 1. The Morgan fingerprint density at radius 1 is 1.04 bits per heavy atom. The topological polar surface area (TPSA) is 52.7 Å². The Bertz CT molecular complexity index is 835. The predicted molar refractivity (Wildman–Crippen MR) is 99.2 cm³/mol. The highest BCUT2D eigenvalue weighted by molar-refractivity contribution is 6.31. The fourth-order valence-electron chi connectivity index (χ4n) is 2.76. The lowest BCUT2D eigenvalue weighted by Crippen LogP contribution is -2.47. The first-order valence-electron chi connectivity index (χ1n) is 8.28. The molecule has 26 heavy (non-hydrogen) atoms. The third kappa shape index (κ3) is 4.20. The maximum atomic E-state index is 13.2. The van der Waals surface area contributed by atoms with Crippen LogP contribution in [0.4, 0.5) is 10.1 Å². The molecule has 1 saturated heterocycles. The van der Waals surface area contributed by atoms with Crippen molar-refractivity contribution in [2.75, 3.05) is 38.5 Å². The number of halogens is 2. The van der Waals surface area contributed by atoms with Gasteiger partial charge in [-0.2, -0.15) is 0 Å². The number of hydrogen-bond acceptors (Lipinski definition) is 3. The number of carbonyl (C=O) groups is 2. The van der Waals surface area contributed by atoms with Gasteiger partial charge in [0.25, 0.3) is 11.8 Å². The molecule has 0 saturated carbocycles. The zero-order chi connectivity index (χ0) is 18.7. The molecule has 1 fully saturated rings. The van der Waals surface area contributed by atoms with Crippen LogP contribution in [0.2, 0.25) is 5.02 Å². The molecule has 3 rings (SSSR count). The van der Waals surface area contributed by atoms with E-state index in [0.717, 1.165) is 13.1 Å². The number of amides is 2. The van der Waals surface area contributed by atoms with E-state index in [-0.39, 0.29) is 16.8 Å². The molecule has 5 nitrogen and oxygen atoms in total. The predicted octanol–water partition coefficient (Wildman–Crippen LogP) is 3.12. The summed E-state index contributed by atoms with van der Waals surface area (Å²) in [4.78, 5) is 29.0. The molecule has 0 aliphatic carbocycles. The van der Waals surface area contributed by atoms with Crippen LogP contribution in [0.1, 0.15) is 20.7 Å². The van der Waals surface area contributed by atoms with Crippen LogP contribution in [0, 0.1) is 5.82 Å². The van der Waals surface area contributed by atoms with E-state index >= 15 is 0 Å². The summed E-state index contributed by atoms with van der Waals surface area (Å²) in [5, 5.41) is 2.59. The van der Waals surface area contributed by atoms with Crippen LogP contribution in [-0.4, -0.2) is 54.8 Å². The van der Waals surface area contributed by atoms with Crippen molar-refractivity contribution in [3.05, 3.63) is 64.4 Å². The number of rotatable bonds is 3. The molecule has 0 unspecified atom stereocenters. The molecule has 2 amide bonds. The number of likely N-dealkylation sites (N-methyl/N-ethyl adjacent to an activating group) is 1. The molecule has 136 valence electrons. The van der Waals surface area contributed by atoms with Crippen LogP contribution < -0.4 is 5.32 Å². The van der Waals surface area contributed by atoms with Crippen molar-refractivity contribution in [3.63, 3.8) is 0 Å². The maximum absolute atomic E-state index is 13.2. The molecule has 0 radical (unpaired) electrons. The van der Waals surface area contributed by atoms with E-state index in [0.29, 0.717) is 29.9 Å². The molecule has 1 heterocycles. The minimum atomic E-state index is -0.551. The van der Waals surface area contributed by atoms with E-state index in [1.165, 1.54) is 18.2 Å². The highest BCUT2D eigenvalue weighted by Crippen LogP contribution is 2.20. The van der Waals surface area contributed by atoms with Crippen LogP contribution in [0.15, 0.2) is 42.5 Å². The quantitative estimate of drug-likeness (QED) is 0.896. The monoisotopic (exact) mass is 375 g/mol. The zero-order valence-corrected chi connectivity index (χ0v) is 15.1. The number of nitrogens with zero attached hydrogens (tertiary/aromatic N) is 2. The van der Waals surface area contributed by atoms with Crippen LogP contribution >= 0.6 is 11.6 Å². The van der Waals surface area contributed by atoms with Crippen LogP contribution in [0.25, 0.3) is 0 Å². The summed E-state index contributed by atoms with van der Waals surface area (Å²) in [5.41, 5.74) is 1.21.